The van der Waals surface area contributed by atoms with E-state index in [-0.39, 0.29) is 11.9 Å². The lowest BCUT2D eigenvalue weighted by atomic mass is 10.3. The van der Waals surface area contributed by atoms with Crippen LogP contribution < -0.4 is 5.14 Å². The predicted molar refractivity (Wildman–Crippen MR) is 68.0 cm³/mol. The van der Waals surface area contributed by atoms with E-state index < -0.39 is 76.9 Å². The fraction of sp³-hybridized carbons (Fsp3) is 0. The minimum atomic E-state index is -6.27. The van der Waals surface area contributed by atoms with E-state index in [4.69, 9.17) is 5.14 Å². The molecule has 0 aliphatic carbocycles. The van der Waals surface area contributed by atoms with Crippen molar-refractivity contribution in [1.29, 1.82) is 0 Å². The smallest absolute Gasteiger partial charge is 0.218 e. The van der Waals surface area contributed by atoms with E-state index >= 15 is 0 Å². The molecule has 2 N–H and O–H groups in total. The molecular weight excluding hydrogens is 425 g/mol. The van der Waals surface area contributed by atoms with Gasteiger partial charge in [0.15, 0.2) is 46.5 Å². The van der Waals surface area contributed by atoms with Crippen LogP contribution in [-0.4, -0.2) is 8.42 Å². The summed E-state index contributed by atoms with van der Waals surface area (Å²) in [4.78, 5) is -6.79. The number of sulfone groups is 1. The molecule has 0 heterocycles. The summed E-state index contributed by atoms with van der Waals surface area (Å²) < 4.78 is 146. The molecule has 0 radical (unpaired) electrons. The molecule has 2 aromatic rings. The highest BCUT2D eigenvalue weighted by Crippen LogP contribution is 2.37. The molecule has 0 atom stereocenters. The molecule has 0 fully saturated rings. The summed E-state index contributed by atoms with van der Waals surface area (Å²) in [6.45, 7) is 0. The second-order valence-corrected chi connectivity index (χ2v) is 6.90. The molecule has 0 aromatic heterocycles. The van der Waals surface area contributed by atoms with Crippen LogP contribution in [0.4, 0.5) is 39.5 Å². The molecule has 0 amide bonds. The zero-order valence-electron chi connectivity index (χ0n) is 11.6. The monoisotopic (exact) mass is 427 g/mol. The first-order valence-corrected chi connectivity index (χ1v) is 8.25. The first-order valence-electron chi connectivity index (χ1n) is 5.88. The zero-order valence-corrected chi connectivity index (χ0v) is 13.2. The number of rotatable bonds is 3. The van der Waals surface area contributed by atoms with Gasteiger partial charge in [-0.25, -0.2) is 47.9 Å². The van der Waals surface area contributed by atoms with Crippen LogP contribution in [0, 0.1) is 52.4 Å². The van der Waals surface area contributed by atoms with Crippen molar-refractivity contribution < 1.29 is 47.9 Å². The Labute approximate surface area is 142 Å². The average Bonchev–Trinajstić information content (AvgIpc) is 2.57. The highest BCUT2D eigenvalue weighted by atomic mass is 32.2. The van der Waals surface area contributed by atoms with Gasteiger partial charge in [-0.05, 0) is 11.9 Å². The molecule has 0 saturated heterocycles. The van der Waals surface area contributed by atoms with Crippen molar-refractivity contribution in [2.45, 2.75) is 14.7 Å². The minimum Gasteiger partial charge on any atom is -0.273 e. The van der Waals surface area contributed by atoms with Crippen LogP contribution in [0.3, 0.4) is 0 Å². The summed E-state index contributed by atoms with van der Waals surface area (Å²) in [7, 11) is -6.27. The fourth-order valence-corrected chi connectivity index (χ4v) is 3.75. The van der Waals surface area contributed by atoms with Crippen LogP contribution >= 0.6 is 11.9 Å². The van der Waals surface area contributed by atoms with Gasteiger partial charge < -0.3 is 0 Å². The molecular formula is C12H2F9NO2S2. The Morgan fingerprint density at radius 3 is 1.12 bits per heavy atom. The van der Waals surface area contributed by atoms with Gasteiger partial charge >= 0.3 is 0 Å². The van der Waals surface area contributed by atoms with Crippen LogP contribution in [0.5, 0.6) is 0 Å². The van der Waals surface area contributed by atoms with Gasteiger partial charge in [-0.3, -0.25) is 5.14 Å². The average molecular weight is 427 g/mol. The van der Waals surface area contributed by atoms with Crippen molar-refractivity contribution in [3.05, 3.63) is 52.4 Å². The second kappa shape index (κ2) is 6.66. The Bertz CT molecular complexity index is 982. The van der Waals surface area contributed by atoms with Gasteiger partial charge in [0.25, 0.3) is 0 Å². The Morgan fingerprint density at radius 1 is 0.538 bits per heavy atom. The van der Waals surface area contributed by atoms with Gasteiger partial charge in [0.05, 0.1) is 0 Å². The molecule has 0 unspecified atom stereocenters. The summed E-state index contributed by atoms with van der Waals surface area (Å²) in [6.07, 6.45) is 0. The maximum atomic E-state index is 13.9. The lowest BCUT2D eigenvalue weighted by molar-refractivity contribution is 0.356. The molecule has 0 bridgehead atoms. The lowest BCUT2D eigenvalue weighted by Crippen LogP contribution is -2.18. The highest BCUT2D eigenvalue weighted by Gasteiger charge is 2.40. The van der Waals surface area contributed by atoms with Crippen molar-refractivity contribution in [2.24, 2.45) is 5.14 Å². The Kier molecular flexibility index (Phi) is 5.22. The van der Waals surface area contributed by atoms with Crippen molar-refractivity contribution in [2.75, 3.05) is 0 Å². The van der Waals surface area contributed by atoms with Crippen molar-refractivity contribution in [3.8, 4) is 0 Å². The molecule has 3 nitrogen and oxygen atoms in total. The highest BCUT2D eigenvalue weighted by molar-refractivity contribution is 7.97. The van der Waals surface area contributed by atoms with Crippen LogP contribution in [0.25, 0.3) is 0 Å². The van der Waals surface area contributed by atoms with E-state index in [1.807, 2.05) is 0 Å². The van der Waals surface area contributed by atoms with E-state index in [1.54, 1.807) is 0 Å². The molecule has 0 aliphatic rings. The normalized spacial score (nSPS) is 11.9. The molecule has 0 saturated carbocycles. The molecule has 2 rings (SSSR count). The van der Waals surface area contributed by atoms with Crippen LogP contribution in [0.15, 0.2) is 14.7 Å². The van der Waals surface area contributed by atoms with Gasteiger partial charge in [0, 0.05) is 0 Å². The summed E-state index contributed by atoms with van der Waals surface area (Å²) in [5.41, 5.74) is 0. The lowest BCUT2D eigenvalue weighted by Gasteiger charge is -2.13. The SMILES string of the molecule is NSc1c(F)c(F)c(S(=O)(=O)c2c(F)c(F)c(F)c(F)c2F)c(F)c1F. The van der Waals surface area contributed by atoms with Crippen LogP contribution in [0.1, 0.15) is 0 Å². The van der Waals surface area contributed by atoms with Gasteiger partial charge in [-0.2, -0.15) is 0 Å². The zero-order chi connectivity index (χ0) is 20.1. The third-order valence-corrected chi connectivity index (χ3v) is 5.39. The summed E-state index contributed by atoms with van der Waals surface area (Å²) in [5, 5.41) is 4.76. The predicted octanol–water partition coefficient (Wildman–Crippen LogP) is 3.74. The van der Waals surface area contributed by atoms with Crippen molar-refractivity contribution >= 4 is 21.8 Å². The minimum absolute atomic E-state index is 0.364. The molecule has 0 aliphatic heterocycles. The van der Waals surface area contributed by atoms with E-state index in [1.165, 1.54) is 0 Å². The van der Waals surface area contributed by atoms with Gasteiger partial charge in [-0.15, -0.1) is 0 Å². The number of halogens is 9. The second-order valence-electron chi connectivity index (χ2n) is 4.43. The fourth-order valence-electron chi connectivity index (χ4n) is 1.85. The van der Waals surface area contributed by atoms with E-state index in [2.05, 4.69) is 0 Å². The maximum absolute atomic E-state index is 13.9. The number of nitrogens with two attached hydrogens (primary N) is 1. The first-order chi connectivity index (χ1) is 11.9. The van der Waals surface area contributed by atoms with Gasteiger partial charge in [-0.1, -0.05) is 0 Å². The van der Waals surface area contributed by atoms with Gasteiger partial charge in [0.2, 0.25) is 15.7 Å². The molecule has 0 spiro atoms. The van der Waals surface area contributed by atoms with E-state index in [9.17, 15) is 47.9 Å². The topological polar surface area (TPSA) is 60.2 Å². The number of hydrogen-bond donors (Lipinski definition) is 1. The Balaban J connectivity index is 3.01. The third-order valence-electron chi connectivity index (χ3n) is 3.01. The molecule has 142 valence electrons. The van der Waals surface area contributed by atoms with E-state index in [0.717, 1.165) is 0 Å². The Hall–Kier alpha value is -1.93. The maximum Gasteiger partial charge on any atom is 0.218 e. The van der Waals surface area contributed by atoms with Crippen molar-refractivity contribution in [3.63, 3.8) is 0 Å². The standard InChI is InChI=1S/C12H2F9NO2S2/c13-1-2(14)6(18)11(7(19)3(1)15)26(23,24)12-8(20)4(16)10(25-22)5(17)9(12)21/h22H2. The molecule has 14 heteroatoms. The third kappa shape index (κ3) is 2.72. The summed E-state index contributed by atoms with van der Waals surface area (Å²) in [5.74, 6) is -24.2. The van der Waals surface area contributed by atoms with Crippen molar-refractivity contribution in [1.82, 2.24) is 0 Å². The quantitative estimate of drug-likeness (QED) is 0.267. The number of benzene rings is 2. The largest absolute Gasteiger partial charge is 0.273 e. The number of hydrogen-bond acceptors (Lipinski definition) is 4. The van der Waals surface area contributed by atoms with E-state index in [0.29, 0.717) is 0 Å². The Morgan fingerprint density at radius 2 is 0.808 bits per heavy atom. The van der Waals surface area contributed by atoms with Crippen LogP contribution in [-0.2, 0) is 9.84 Å². The summed E-state index contributed by atoms with van der Waals surface area (Å²) in [6, 6.07) is 0. The van der Waals surface area contributed by atoms with Crippen LogP contribution in [0.2, 0.25) is 0 Å². The molecule has 26 heavy (non-hydrogen) atoms. The van der Waals surface area contributed by atoms with Gasteiger partial charge in [0.1, 0.15) is 14.7 Å². The molecule has 2 aromatic carbocycles. The summed E-state index contributed by atoms with van der Waals surface area (Å²) >= 11 is -0.364. The first kappa shape index (κ1) is 20.4.